The molecule has 0 fully saturated rings. The van der Waals surface area contributed by atoms with Crippen molar-refractivity contribution in [2.24, 2.45) is 7.05 Å². The average Bonchev–Trinajstić information content (AvgIpc) is 3.18. The molecule has 0 amide bonds. The quantitative estimate of drug-likeness (QED) is 0.343. The fourth-order valence-corrected chi connectivity index (χ4v) is 3.78. The predicted octanol–water partition coefficient (Wildman–Crippen LogP) is 5.57. The van der Waals surface area contributed by atoms with E-state index < -0.39 is 8.07 Å². The Morgan fingerprint density at radius 2 is 1.87 bits per heavy atom. The lowest BCUT2D eigenvalue weighted by molar-refractivity contribution is 0.768. The number of nitrogens with one attached hydrogen (secondary N) is 1. The molecule has 0 bridgehead atoms. The van der Waals surface area contributed by atoms with E-state index >= 15 is 0 Å². The van der Waals surface area contributed by atoms with Gasteiger partial charge in [-0.1, -0.05) is 38.6 Å². The summed E-state index contributed by atoms with van der Waals surface area (Å²) in [6.07, 6.45) is 6.71. The maximum atomic E-state index is 4.70. The van der Waals surface area contributed by atoms with Gasteiger partial charge in [0, 0.05) is 41.6 Å². The van der Waals surface area contributed by atoms with Crippen LogP contribution in [0.5, 0.6) is 0 Å². The van der Waals surface area contributed by atoms with Crippen molar-refractivity contribution in [2.75, 3.05) is 5.32 Å². The van der Waals surface area contributed by atoms with Gasteiger partial charge in [-0.2, -0.15) is 5.10 Å². The summed E-state index contributed by atoms with van der Waals surface area (Å²) >= 11 is 0. The van der Waals surface area contributed by atoms with Gasteiger partial charge in [0.25, 0.3) is 0 Å². The standard InChI is InChI=1S/C25H27N5Si/c1-6-18-11-20(22-16-27-30(2)17-22)14-23(13-18)28-25-26-15-21-12-19(7-8-24(21)29-25)9-10-31(3,4)5/h7-8,11-17H,6H2,1-5H3,(H,26,28,29). The first-order valence-corrected chi connectivity index (χ1v) is 14.0. The van der Waals surface area contributed by atoms with Gasteiger partial charge >= 0.3 is 0 Å². The second kappa shape index (κ2) is 8.36. The molecule has 4 aromatic rings. The summed E-state index contributed by atoms with van der Waals surface area (Å²) < 4.78 is 1.82. The number of anilines is 2. The Morgan fingerprint density at radius 1 is 1.03 bits per heavy atom. The van der Waals surface area contributed by atoms with Crippen LogP contribution in [0.15, 0.2) is 55.0 Å². The maximum absolute atomic E-state index is 4.70. The SMILES string of the molecule is CCc1cc(Nc2ncc3cc(C#C[Si](C)(C)C)ccc3n2)cc(-c2cnn(C)c2)c1. The van der Waals surface area contributed by atoms with Gasteiger partial charge in [-0.05, 0) is 47.9 Å². The van der Waals surface area contributed by atoms with E-state index in [2.05, 4.69) is 77.7 Å². The number of aryl methyl sites for hydroxylation is 2. The highest BCUT2D eigenvalue weighted by Crippen LogP contribution is 2.26. The molecular weight excluding hydrogens is 398 g/mol. The highest BCUT2D eigenvalue weighted by Gasteiger charge is 2.09. The Bertz CT molecular complexity index is 1300. The zero-order chi connectivity index (χ0) is 22.0. The van der Waals surface area contributed by atoms with E-state index in [0.717, 1.165) is 39.7 Å². The van der Waals surface area contributed by atoms with Gasteiger partial charge in [-0.25, -0.2) is 9.97 Å². The van der Waals surface area contributed by atoms with E-state index in [1.165, 1.54) is 5.56 Å². The van der Waals surface area contributed by atoms with E-state index in [0.29, 0.717) is 5.95 Å². The molecule has 0 aliphatic carbocycles. The van der Waals surface area contributed by atoms with Crippen molar-refractivity contribution in [2.45, 2.75) is 33.0 Å². The van der Waals surface area contributed by atoms with Crippen molar-refractivity contribution in [1.82, 2.24) is 19.7 Å². The van der Waals surface area contributed by atoms with E-state index in [-0.39, 0.29) is 0 Å². The second-order valence-electron chi connectivity index (χ2n) is 8.77. The third-order valence-electron chi connectivity index (χ3n) is 4.86. The highest BCUT2D eigenvalue weighted by atomic mass is 28.3. The lowest BCUT2D eigenvalue weighted by atomic mass is 10.0. The number of fused-ring (bicyclic) bond motifs is 1. The summed E-state index contributed by atoms with van der Waals surface area (Å²) in [5.41, 5.74) is 9.75. The van der Waals surface area contributed by atoms with Crippen LogP contribution in [0.4, 0.5) is 11.6 Å². The Morgan fingerprint density at radius 3 is 2.58 bits per heavy atom. The van der Waals surface area contributed by atoms with Crippen molar-refractivity contribution in [3.63, 3.8) is 0 Å². The van der Waals surface area contributed by atoms with Gasteiger partial charge in [0.05, 0.1) is 11.7 Å². The molecule has 0 saturated heterocycles. The molecule has 2 heterocycles. The van der Waals surface area contributed by atoms with Crippen LogP contribution >= 0.6 is 0 Å². The average molecular weight is 426 g/mol. The van der Waals surface area contributed by atoms with Crippen LogP contribution in [0.3, 0.4) is 0 Å². The molecule has 0 spiro atoms. The molecule has 156 valence electrons. The molecule has 2 aromatic heterocycles. The fraction of sp³-hybridized carbons (Fsp3) is 0.240. The van der Waals surface area contributed by atoms with Crippen molar-refractivity contribution < 1.29 is 0 Å². The van der Waals surface area contributed by atoms with Gasteiger partial charge in [0.2, 0.25) is 5.95 Å². The van der Waals surface area contributed by atoms with Gasteiger partial charge in [-0.15, -0.1) is 5.54 Å². The van der Waals surface area contributed by atoms with Crippen molar-refractivity contribution >= 4 is 30.6 Å². The Kier molecular flexibility index (Phi) is 5.62. The minimum absolute atomic E-state index is 0.582. The van der Waals surface area contributed by atoms with Crippen LogP contribution in [0.2, 0.25) is 19.6 Å². The molecule has 4 rings (SSSR count). The minimum Gasteiger partial charge on any atom is -0.324 e. The molecular formula is C25H27N5Si. The number of nitrogens with zero attached hydrogens (tertiary/aromatic N) is 4. The maximum Gasteiger partial charge on any atom is 0.227 e. The predicted molar refractivity (Wildman–Crippen MR) is 131 cm³/mol. The first kappa shape index (κ1) is 20.8. The van der Waals surface area contributed by atoms with Crippen molar-refractivity contribution in [1.29, 1.82) is 0 Å². The van der Waals surface area contributed by atoms with Gasteiger partial charge in [0.1, 0.15) is 8.07 Å². The van der Waals surface area contributed by atoms with Gasteiger partial charge in [0.15, 0.2) is 0 Å². The molecule has 6 heteroatoms. The Hall–Kier alpha value is -3.43. The molecule has 0 saturated carbocycles. The third-order valence-corrected chi connectivity index (χ3v) is 5.73. The van der Waals surface area contributed by atoms with E-state index in [9.17, 15) is 0 Å². The van der Waals surface area contributed by atoms with Crippen molar-refractivity contribution in [3.05, 3.63) is 66.1 Å². The van der Waals surface area contributed by atoms with Crippen molar-refractivity contribution in [3.8, 4) is 22.6 Å². The first-order chi connectivity index (χ1) is 14.8. The van der Waals surface area contributed by atoms with E-state index in [1.807, 2.05) is 42.5 Å². The topological polar surface area (TPSA) is 55.6 Å². The van der Waals surface area contributed by atoms with E-state index in [4.69, 9.17) is 4.98 Å². The molecule has 0 radical (unpaired) electrons. The van der Waals surface area contributed by atoms with Crippen LogP contribution in [0.1, 0.15) is 18.1 Å². The summed E-state index contributed by atoms with van der Waals surface area (Å²) in [5, 5.41) is 8.66. The van der Waals surface area contributed by atoms with Gasteiger partial charge < -0.3 is 5.32 Å². The van der Waals surface area contributed by atoms with Crippen LogP contribution < -0.4 is 5.32 Å². The van der Waals surface area contributed by atoms with E-state index in [1.54, 1.807) is 0 Å². The molecule has 0 aliphatic rings. The van der Waals surface area contributed by atoms with Crippen LogP contribution in [0, 0.1) is 11.5 Å². The minimum atomic E-state index is -1.40. The Balaban J connectivity index is 1.63. The summed E-state index contributed by atoms with van der Waals surface area (Å²) in [7, 11) is 0.525. The highest BCUT2D eigenvalue weighted by molar-refractivity contribution is 6.83. The number of hydrogen-bond acceptors (Lipinski definition) is 4. The third kappa shape index (κ3) is 5.19. The number of aromatic nitrogens is 4. The summed E-state index contributed by atoms with van der Waals surface area (Å²) in [6, 6.07) is 12.6. The molecule has 31 heavy (non-hydrogen) atoms. The molecule has 5 nitrogen and oxygen atoms in total. The van der Waals surface area contributed by atoms with Gasteiger partial charge in [-0.3, -0.25) is 4.68 Å². The zero-order valence-corrected chi connectivity index (χ0v) is 19.7. The lowest BCUT2D eigenvalue weighted by Crippen LogP contribution is -2.16. The summed E-state index contributed by atoms with van der Waals surface area (Å²) in [6.45, 7) is 8.89. The first-order valence-electron chi connectivity index (χ1n) is 10.5. The monoisotopic (exact) mass is 425 g/mol. The summed E-state index contributed by atoms with van der Waals surface area (Å²) in [4.78, 5) is 9.24. The number of benzene rings is 2. The largest absolute Gasteiger partial charge is 0.324 e. The zero-order valence-electron chi connectivity index (χ0n) is 18.7. The summed E-state index contributed by atoms with van der Waals surface area (Å²) in [5.74, 6) is 3.88. The molecule has 1 N–H and O–H groups in total. The second-order valence-corrected chi connectivity index (χ2v) is 13.5. The van der Waals surface area contributed by atoms with Crippen LogP contribution in [-0.4, -0.2) is 27.8 Å². The normalized spacial score (nSPS) is 11.3. The molecule has 2 aromatic carbocycles. The fourth-order valence-electron chi connectivity index (χ4n) is 3.27. The number of hydrogen-bond donors (Lipinski definition) is 1. The van der Waals surface area contributed by atoms with Crippen LogP contribution in [-0.2, 0) is 13.5 Å². The lowest BCUT2D eigenvalue weighted by Gasteiger charge is -2.10. The molecule has 0 unspecified atom stereocenters. The number of rotatable bonds is 4. The molecule has 0 aliphatic heterocycles. The Labute approximate surface area is 184 Å². The molecule has 0 atom stereocenters. The van der Waals surface area contributed by atoms with Crippen LogP contribution in [0.25, 0.3) is 22.0 Å². The smallest absolute Gasteiger partial charge is 0.227 e.